The predicted octanol–water partition coefficient (Wildman–Crippen LogP) is 6.82. The summed E-state index contributed by atoms with van der Waals surface area (Å²) in [6.07, 6.45) is 1.99. The first-order valence-electron chi connectivity index (χ1n) is 15.1. The molecule has 0 aliphatic heterocycles. The lowest BCUT2D eigenvalue weighted by Crippen LogP contribution is -2.53. The Morgan fingerprint density at radius 3 is 2.18 bits per heavy atom. The number of nitrogens with one attached hydrogen (secondary N) is 1. The van der Waals surface area contributed by atoms with Gasteiger partial charge in [0.25, 0.3) is 10.0 Å². The van der Waals surface area contributed by atoms with Crippen LogP contribution in [0.4, 0.5) is 5.69 Å². The van der Waals surface area contributed by atoms with E-state index in [1.165, 1.54) is 4.90 Å². The molecule has 0 radical (unpaired) electrons. The summed E-state index contributed by atoms with van der Waals surface area (Å²) in [5.74, 6) is -0.766. The van der Waals surface area contributed by atoms with Crippen molar-refractivity contribution in [1.29, 1.82) is 0 Å². The van der Waals surface area contributed by atoms with Gasteiger partial charge in [-0.3, -0.25) is 13.9 Å². The molecule has 0 saturated carbocycles. The van der Waals surface area contributed by atoms with Crippen LogP contribution >= 0.6 is 15.9 Å². The van der Waals surface area contributed by atoms with Crippen molar-refractivity contribution in [2.24, 2.45) is 0 Å². The highest BCUT2D eigenvalue weighted by molar-refractivity contribution is 9.10. The highest BCUT2D eigenvalue weighted by Gasteiger charge is 2.34. The summed E-state index contributed by atoms with van der Waals surface area (Å²) in [7, 11) is -4.14. The molecular formula is C36H40BrN3O4S. The quantitative estimate of drug-likeness (QED) is 0.147. The molecule has 9 heteroatoms. The Hall–Kier alpha value is -3.95. The average molecular weight is 691 g/mol. The van der Waals surface area contributed by atoms with E-state index in [1.807, 2.05) is 81.4 Å². The summed E-state index contributed by atoms with van der Waals surface area (Å²) in [5.41, 5.74) is 3.85. The van der Waals surface area contributed by atoms with Gasteiger partial charge in [-0.1, -0.05) is 102 Å². The highest BCUT2D eigenvalue weighted by atomic mass is 79.9. The van der Waals surface area contributed by atoms with Crippen LogP contribution < -0.4 is 9.62 Å². The number of sulfonamides is 1. The Kier molecular flexibility index (Phi) is 12.0. The third-order valence-electron chi connectivity index (χ3n) is 7.52. The number of carbonyl (C=O) groups excluding carboxylic acids is 2. The van der Waals surface area contributed by atoms with Crippen LogP contribution in [-0.4, -0.2) is 44.3 Å². The largest absolute Gasteiger partial charge is 0.354 e. The van der Waals surface area contributed by atoms with Crippen LogP contribution in [0.1, 0.15) is 42.0 Å². The molecule has 7 nitrogen and oxygen atoms in total. The lowest BCUT2D eigenvalue weighted by molar-refractivity contribution is -0.140. The van der Waals surface area contributed by atoms with Crippen molar-refractivity contribution in [2.45, 2.75) is 57.5 Å². The molecule has 4 rings (SSSR count). The number of hydrogen-bond acceptors (Lipinski definition) is 4. The first-order valence-corrected chi connectivity index (χ1v) is 17.3. The van der Waals surface area contributed by atoms with E-state index in [2.05, 4.69) is 21.2 Å². The molecule has 0 unspecified atom stereocenters. The SMILES string of the molecule is CCCCNC(=O)[C@@H](Cc1ccccc1)N(Cc1cccc(Br)c1)C(=O)CN(c1cccc(C)c1)S(=O)(=O)c1ccc(C)cc1. The maximum absolute atomic E-state index is 14.5. The van der Waals surface area contributed by atoms with E-state index in [-0.39, 0.29) is 23.8 Å². The van der Waals surface area contributed by atoms with E-state index in [4.69, 9.17) is 0 Å². The third kappa shape index (κ3) is 9.28. The second-order valence-corrected chi connectivity index (χ2v) is 13.9. The maximum Gasteiger partial charge on any atom is 0.264 e. The molecule has 0 aliphatic carbocycles. The summed E-state index contributed by atoms with van der Waals surface area (Å²) in [5, 5.41) is 3.02. The third-order valence-corrected chi connectivity index (χ3v) is 9.80. The van der Waals surface area contributed by atoms with Crippen molar-refractivity contribution in [1.82, 2.24) is 10.2 Å². The number of nitrogens with zero attached hydrogens (tertiary/aromatic N) is 2. The van der Waals surface area contributed by atoms with Gasteiger partial charge >= 0.3 is 0 Å². The number of benzene rings is 4. The number of halogens is 1. The van der Waals surface area contributed by atoms with Crippen LogP contribution in [0.5, 0.6) is 0 Å². The predicted molar refractivity (Wildman–Crippen MR) is 183 cm³/mol. The van der Waals surface area contributed by atoms with Gasteiger partial charge in [-0.25, -0.2) is 8.42 Å². The van der Waals surface area contributed by atoms with Gasteiger partial charge in [-0.05, 0) is 73.4 Å². The molecule has 0 bridgehead atoms. The zero-order valence-corrected chi connectivity index (χ0v) is 28.4. The minimum Gasteiger partial charge on any atom is -0.354 e. The highest BCUT2D eigenvalue weighted by Crippen LogP contribution is 2.26. The van der Waals surface area contributed by atoms with E-state index < -0.39 is 28.5 Å². The van der Waals surface area contributed by atoms with Gasteiger partial charge in [0.05, 0.1) is 10.6 Å². The first-order chi connectivity index (χ1) is 21.6. The molecule has 0 aliphatic rings. The number of rotatable bonds is 14. The van der Waals surface area contributed by atoms with Crippen molar-refractivity contribution < 1.29 is 18.0 Å². The number of carbonyl (C=O) groups is 2. The molecule has 4 aromatic carbocycles. The van der Waals surface area contributed by atoms with Gasteiger partial charge in [-0.15, -0.1) is 0 Å². The zero-order valence-electron chi connectivity index (χ0n) is 25.9. The van der Waals surface area contributed by atoms with Crippen molar-refractivity contribution in [3.05, 3.63) is 130 Å². The minimum absolute atomic E-state index is 0.0825. The van der Waals surface area contributed by atoms with E-state index >= 15 is 0 Å². The number of anilines is 1. The molecule has 2 amide bonds. The summed E-state index contributed by atoms with van der Waals surface area (Å²) in [6.45, 7) is 5.92. The normalized spacial score (nSPS) is 11.9. The van der Waals surface area contributed by atoms with Crippen molar-refractivity contribution in [2.75, 3.05) is 17.4 Å². The Labute approximate surface area is 275 Å². The van der Waals surface area contributed by atoms with Crippen LogP contribution in [0.2, 0.25) is 0 Å². The molecular weight excluding hydrogens is 650 g/mol. The Balaban J connectivity index is 1.79. The Morgan fingerprint density at radius 1 is 0.822 bits per heavy atom. The van der Waals surface area contributed by atoms with E-state index in [1.54, 1.807) is 42.5 Å². The topological polar surface area (TPSA) is 86.8 Å². The van der Waals surface area contributed by atoms with E-state index in [0.717, 1.165) is 43.9 Å². The summed E-state index contributed by atoms with van der Waals surface area (Å²) in [6, 6.07) is 29.9. The van der Waals surface area contributed by atoms with Gasteiger partial charge in [0.15, 0.2) is 0 Å². The van der Waals surface area contributed by atoms with E-state index in [9.17, 15) is 18.0 Å². The van der Waals surface area contributed by atoms with Gasteiger partial charge in [0.2, 0.25) is 11.8 Å². The fourth-order valence-corrected chi connectivity index (χ4v) is 6.89. The molecule has 0 saturated heterocycles. The fraction of sp³-hybridized carbons (Fsp3) is 0.278. The number of unbranched alkanes of at least 4 members (excludes halogenated alkanes) is 1. The van der Waals surface area contributed by atoms with Crippen LogP contribution in [0.25, 0.3) is 0 Å². The van der Waals surface area contributed by atoms with Gasteiger partial charge in [-0.2, -0.15) is 0 Å². The van der Waals surface area contributed by atoms with Crippen LogP contribution in [0.15, 0.2) is 112 Å². The molecule has 0 spiro atoms. The first kappa shape index (κ1) is 33.9. The molecule has 0 aromatic heterocycles. The van der Waals surface area contributed by atoms with Crippen molar-refractivity contribution in [3.8, 4) is 0 Å². The number of aryl methyl sites for hydroxylation is 2. The summed E-state index contributed by atoms with van der Waals surface area (Å²) < 4.78 is 30.3. The van der Waals surface area contributed by atoms with Crippen molar-refractivity contribution in [3.63, 3.8) is 0 Å². The monoisotopic (exact) mass is 689 g/mol. The molecule has 0 heterocycles. The molecule has 4 aromatic rings. The van der Waals surface area contributed by atoms with E-state index in [0.29, 0.717) is 12.2 Å². The Morgan fingerprint density at radius 2 is 1.51 bits per heavy atom. The molecule has 1 N–H and O–H groups in total. The molecule has 45 heavy (non-hydrogen) atoms. The minimum atomic E-state index is -4.14. The van der Waals surface area contributed by atoms with Crippen molar-refractivity contribution >= 4 is 43.5 Å². The summed E-state index contributed by atoms with van der Waals surface area (Å²) in [4.78, 5) is 30.0. The number of hydrogen-bond donors (Lipinski definition) is 1. The smallest absolute Gasteiger partial charge is 0.264 e. The standard InChI is InChI=1S/C36H40BrN3O4S/c1-4-5-21-38-36(42)34(24-29-12-7-6-8-13-29)39(25-30-14-10-15-31(37)23-30)35(41)26-40(32-16-9-11-28(3)22-32)45(43,44)33-19-17-27(2)18-20-33/h6-20,22-23,34H,4-5,21,24-26H2,1-3H3,(H,38,42)/t34-/m1/s1. The van der Waals surface area contributed by atoms with Gasteiger partial charge in [0.1, 0.15) is 12.6 Å². The zero-order chi connectivity index (χ0) is 32.4. The Bertz CT molecular complexity index is 1700. The average Bonchev–Trinajstić information content (AvgIpc) is 3.02. The van der Waals surface area contributed by atoms with Gasteiger partial charge < -0.3 is 10.2 Å². The lowest BCUT2D eigenvalue weighted by Gasteiger charge is -2.34. The van der Waals surface area contributed by atoms with Crippen LogP contribution in [0.3, 0.4) is 0 Å². The van der Waals surface area contributed by atoms with Crippen LogP contribution in [0, 0.1) is 13.8 Å². The molecule has 0 fully saturated rings. The van der Waals surface area contributed by atoms with Crippen LogP contribution in [-0.2, 0) is 32.6 Å². The second kappa shape index (κ2) is 15.9. The molecule has 236 valence electrons. The number of amides is 2. The fourth-order valence-electron chi connectivity index (χ4n) is 5.04. The summed E-state index contributed by atoms with van der Waals surface area (Å²) >= 11 is 3.52. The molecule has 1 atom stereocenters. The lowest BCUT2D eigenvalue weighted by atomic mass is 10.0. The van der Waals surface area contributed by atoms with Gasteiger partial charge in [0, 0.05) is 24.0 Å². The second-order valence-electron chi connectivity index (χ2n) is 11.2. The maximum atomic E-state index is 14.5.